The van der Waals surface area contributed by atoms with E-state index >= 15 is 4.39 Å². The van der Waals surface area contributed by atoms with Gasteiger partial charge in [-0.25, -0.2) is 9.37 Å². The number of benzene rings is 2. The van der Waals surface area contributed by atoms with Crippen LogP contribution in [-0.4, -0.2) is 52.8 Å². The largest absolute Gasteiger partial charge is 0.371 e. The SMILES string of the molecule is C/C=C/c1ccc(-c2ccccc2-c2nc3cc(C(=O)N[C@@H]4CO[C@H]5[C@@H]4OC[C@H]5N)ccn3c2C)c(F)c1. The van der Waals surface area contributed by atoms with E-state index in [1.807, 2.05) is 66.9 Å². The summed E-state index contributed by atoms with van der Waals surface area (Å²) in [5.41, 5.74) is 11.7. The van der Waals surface area contributed by atoms with E-state index in [2.05, 4.69) is 5.32 Å². The van der Waals surface area contributed by atoms with E-state index in [-0.39, 0.29) is 36.0 Å². The van der Waals surface area contributed by atoms with Crippen LogP contribution in [0.25, 0.3) is 34.1 Å². The lowest BCUT2D eigenvalue weighted by molar-refractivity contribution is 0.0649. The molecule has 0 spiro atoms. The van der Waals surface area contributed by atoms with Gasteiger partial charge in [0.05, 0.1) is 31.0 Å². The molecule has 4 heterocycles. The van der Waals surface area contributed by atoms with Crippen molar-refractivity contribution in [3.05, 3.63) is 89.5 Å². The Bertz CT molecular complexity index is 1560. The number of carbonyl (C=O) groups excluding carboxylic acids is 1. The Labute approximate surface area is 220 Å². The number of allylic oxidation sites excluding steroid dienone is 1. The van der Waals surface area contributed by atoms with Gasteiger partial charge < -0.3 is 24.9 Å². The van der Waals surface area contributed by atoms with Crippen molar-refractivity contribution in [3.8, 4) is 22.4 Å². The van der Waals surface area contributed by atoms with E-state index in [9.17, 15) is 4.79 Å². The van der Waals surface area contributed by atoms with Gasteiger partial charge >= 0.3 is 0 Å². The van der Waals surface area contributed by atoms with E-state index in [0.29, 0.717) is 30.0 Å². The summed E-state index contributed by atoms with van der Waals surface area (Å²) in [6.07, 6.45) is 5.16. The molecule has 38 heavy (non-hydrogen) atoms. The van der Waals surface area contributed by atoms with Gasteiger partial charge in [0.15, 0.2) is 0 Å². The van der Waals surface area contributed by atoms with Crippen LogP contribution in [0.1, 0.15) is 28.5 Å². The van der Waals surface area contributed by atoms with E-state index in [1.165, 1.54) is 6.07 Å². The maximum absolute atomic E-state index is 15.1. The molecule has 2 saturated heterocycles. The topological polar surface area (TPSA) is 90.9 Å². The summed E-state index contributed by atoms with van der Waals surface area (Å²) in [4.78, 5) is 18.0. The third kappa shape index (κ3) is 4.20. The number of halogens is 1. The number of fused-ring (bicyclic) bond motifs is 2. The summed E-state index contributed by atoms with van der Waals surface area (Å²) in [5, 5.41) is 3.03. The minimum Gasteiger partial charge on any atom is -0.371 e. The van der Waals surface area contributed by atoms with Gasteiger partial charge in [-0.3, -0.25) is 4.79 Å². The highest BCUT2D eigenvalue weighted by atomic mass is 19.1. The van der Waals surface area contributed by atoms with Crippen LogP contribution in [0.2, 0.25) is 0 Å². The Hall–Kier alpha value is -3.85. The molecule has 6 rings (SSSR count). The summed E-state index contributed by atoms with van der Waals surface area (Å²) < 4.78 is 28.6. The number of carbonyl (C=O) groups is 1. The first-order chi connectivity index (χ1) is 18.4. The first kappa shape index (κ1) is 24.5. The minimum absolute atomic E-state index is 0.174. The van der Waals surface area contributed by atoms with Crippen LogP contribution in [0.4, 0.5) is 4.39 Å². The van der Waals surface area contributed by atoms with Gasteiger partial charge in [0.25, 0.3) is 5.91 Å². The summed E-state index contributed by atoms with van der Waals surface area (Å²) in [5.74, 6) is -0.518. The number of pyridine rings is 1. The molecular weight excluding hydrogens is 483 g/mol. The van der Waals surface area contributed by atoms with Crippen LogP contribution in [0.5, 0.6) is 0 Å². The molecule has 3 N–H and O–H groups in total. The second-order valence-electron chi connectivity index (χ2n) is 9.81. The number of nitrogens with one attached hydrogen (secondary N) is 1. The lowest BCUT2D eigenvalue weighted by Crippen LogP contribution is -2.44. The number of nitrogens with two attached hydrogens (primary N) is 1. The van der Waals surface area contributed by atoms with Crippen molar-refractivity contribution < 1.29 is 18.7 Å². The first-order valence-corrected chi connectivity index (χ1v) is 12.7. The molecule has 2 fully saturated rings. The van der Waals surface area contributed by atoms with Gasteiger partial charge in [-0.2, -0.15) is 0 Å². The molecule has 4 atom stereocenters. The number of hydrogen-bond acceptors (Lipinski definition) is 5. The van der Waals surface area contributed by atoms with Crippen molar-refractivity contribution >= 4 is 17.6 Å². The van der Waals surface area contributed by atoms with Crippen LogP contribution < -0.4 is 11.1 Å². The highest BCUT2D eigenvalue weighted by molar-refractivity contribution is 5.95. The fourth-order valence-corrected chi connectivity index (χ4v) is 5.44. The lowest BCUT2D eigenvalue weighted by Gasteiger charge is -2.17. The van der Waals surface area contributed by atoms with Crippen LogP contribution >= 0.6 is 0 Å². The van der Waals surface area contributed by atoms with Crippen molar-refractivity contribution in [1.29, 1.82) is 0 Å². The van der Waals surface area contributed by atoms with E-state index < -0.39 is 0 Å². The van der Waals surface area contributed by atoms with Gasteiger partial charge in [0, 0.05) is 28.6 Å². The highest BCUT2D eigenvalue weighted by Crippen LogP contribution is 2.35. The molecule has 0 bridgehead atoms. The normalized spacial score (nSPS) is 22.8. The zero-order valence-electron chi connectivity index (χ0n) is 21.2. The quantitative estimate of drug-likeness (QED) is 0.414. The smallest absolute Gasteiger partial charge is 0.251 e. The van der Waals surface area contributed by atoms with Crippen molar-refractivity contribution in [1.82, 2.24) is 14.7 Å². The molecule has 0 radical (unpaired) electrons. The molecule has 2 aromatic heterocycles. The predicted octanol–water partition coefficient (Wildman–Crippen LogP) is 4.37. The number of imidazole rings is 1. The Morgan fingerprint density at radius 3 is 2.66 bits per heavy atom. The van der Waals surface area contributed by atoms with Gasteiger partial charge in [-0.05, 0) is 43.2 Å². The van der Waals surface area contributed by atoms with Crippen LogP contribution in [0.15, 0.2) is 66.9 Å². The Kier molecular flexibility index (Phi) is 6.31. The second kappa shape index (κ2) is 9.79. The number of aromatic nitrogens is 2. The molecule has 0 aliphatic carbocycles. The standard InChI is InChI=1S/C30H29FN4O3/c1-3-6-18-9-10-21(23(31)13-18)20-7-4-5-8-22(20)27-17(2)35-12-11-19(14-26(35)34-27)30(36)33-25-16-38-28-24(32)15-37-29(25)28/h3-14,24-25,28-29H,15-16,32H2,1-2H3,(H,33,36)/b6-3+/t24-,25-,28-,29-/m1/s1. The summed E-state index contributed by atoms with van der Waals surface area (Å²) >= 11 is 0. The summed E-state index contributed by atoms with van der Waals surface area (Å²) in [6.45, 7) is 4.66. The monoisotopic (exact) mass is 512 g/mol. The molecule has 0 unspecified atom stereocenters. The van der Waals surface area contributed by atoms with Crippen LogP contribution in [-0.2, 0) is 9.47 Å². The van der Waals surface area contributed by atoms with Gasteiger partial charge in [-0.15, -0.1) is 0 Å². The third-order valence-corrected chi connectivity index (χ3v) is 7.36. The van der Waals surface area contributed by atoms with Crippen LogP contribution in [0, 0.1) is 12.7 Å². The van der Waals surface area contributed by atoms with E-state index in [1.54, 1.807) is 18.2 Å². The molecule has 2 aliphatic rings. The second-order valence-corrected chi connectivity index (χ2v) is 9.81. The average molecular weight is 513 g/mol. The van der Waals surface area contributed by atoms with Crippen molar-refractivity contribution in [2.75, 3.05) is 13.2 Å². The van der Waals surface area contributed by atoms with E-state index in [4.69, 9.17) is 20.2 Å². The maximum atomic E-state index is 15.1. The number of nitrogens with zero attached hydrogens (tertiary/aromatic N) is 2. The zero-order valence-corrected chi connectivity index (χ0v) is 21.2. The number of ether oxygens (including phenoxy) is 2. The fraction of sp³-hybridized carbons (Fsp3) is 0.267. The molecule has 8 heteroatoms. The number of rotatable bonds is 5. The van der Waals surface area contributed by atoms with Crippen LogP contribution in [0.3, 0.4) is 0 Å². The number of hydrogen-bond donors (Lipinski definition) is 2. The van der Waals surface area contributed by atoms with Gasteiger partial charge in [0.2, 0.25) is 0 Å². The molecule has 7 nitrogen and oxygen atoms in total. The van der Waals surface area contributed by atoms with Gasteiger partial charge in [-0.1, -0.05) is 48.6 Å². The maximum Gasteiger partial charge on any atom is 0.251 e. The van der Waals surface area contributed by atoms with Crippen molar-refractivity contribution in [2.45, 2.75) is 38.1 Å². The predicted molar refractivity (Wildman–Crippen MR) is 144 cm³/mol. The first-order valence-electron chi connectivity index (χ1n) is 12.7. The number of amides is 1. The lowest BCUT2D eigenvalue weighted by atomic mass is 9.95. The Morgan fingerprint density at radius 2 is 1.87 bits per heavy atom. The fourth-order valence-electron chi connectivity index (χ4n) is 5.44. The van der Waals surface area contributed by atoms with Crippen molar-refractivity contribution in [3.63, 3.8) is 0 Å². The molecular formula is C30H29FN4O3. The molecule has 0 saturated carbocycles. The molecule has 2 aliphatic heterocycles. The molecule has 4 aromatic rings. The van der Waals surface area contributed by atoms with Crippen molar-refractivity contribution in [2.24, 2.45) is 5.73 Å². The Morgan fingerprint density at radius 1 is 1.08 bits per heavy atom. The minimum atomic E-state index is -0.293. The number of aryl methyl sites for hydroxylation is 1. The Balaban J connectivity index is 1.32. The third-order valence-electron chi connectivity index (χ3n) is 7.36. The van der Waals surface area contributed by atoms with E-state index in [0.717, 1.165) is 28.1 Å². The average Bonchev–Trinajstić information content (AvgIpc) is 3.59. The molecule has 194 valence electrons. The van der Waals surface area contributed by atoms with Gasteiger partial charge in [0.1, 0.15) is 23.7 Å². The summed E-state index contributed by atoms with van der Waals surface area (Å²) in [7, 11) is 0. The molecule has 2 aromatic carbocycles. The summed E-state index contributed by atoms with van der Waals surface area (Å²) in [6, 6.07) is 16.0. The molecule has 1 amide bonds. The zero-order chi connectivity index (χ0) is 26.4. The highest BCUT2D eigenvalue weighted by Gasteiger charge is 2.46.